The summed E-state index contributed by atoms with van der Waals surface area (Å²) in [5.41, 5.74) is 2.39. The number of carbonyl (C=O) groups excluding carboxylic acids is 4. The van der Waals surface area contributed by atoms with E-state index < -0.39 is 29.4 Å². The summed E-state index contributed by atoms with van der Waals surface area (Å²) in [5, 5.41) is 9.56. The molecular formula is C41H52N2O8. The molecule has 0 aliphatic carbocycles. The minimum Gasteiger partial charge on any atom is -0.447 e. The van der Waals surface area contributed by atoms with E-state index in [1.165, 1.54) is 9.80 Å². The van der Waals surface area contributed by atoms with Crippen molar-refractivity contribution in [2.45, 2.75) is 73.1 Å². The molecule has 0 spiro atoms. The Balaban J connectivity index is 0.000000238. The monoisotopic (exact) mass is 700 g/mol. The molecule has 3 aromatic carbocycles. The number of hydrogen-bond acceptors (Lipinski definition) is 8. The van der Waals surface area contributed by atoms with Crippen LogP contribution in [0.4, 0.5) is 9.59 Å². The zero-order valence-corrected chi connectivity index (χ0v) is 30.6. The SMILES string of the molecule is CC(C)(C)[C@@H](CO)C(=O)N1C(=O)OC[C@H]1Cc1ccccc1.CC(C)(C)[C@@H](COCc1ccccc1)C(=O)N1C(=O)OC[C@H]1Cc1ccccc1. The van der Waals surface area contributed by atoms with Crippen LogP contribution in [-0.2, 0) is 43.2 Å². The van der Waals surface area contributed by atoms with Gasteiger partial charge in [-0.05, 0) is 40.4 Å². The highest BCUT2D eigenvalue weighted by Gasteiger charge is 2.45. The first kappa shape index (κ1) is 39.2. The molecule has 2 aliphatic rings. The van der Waals surface area contributed by atoms with Crippen LogP contribution in [0.15, 0.2) is 91.0 Å². The lowest BCUT2D eigenvalue weighted by molar-refractivity contribution is -0.140. The largest absolute Gasteiger partial charge is 0.447 e. The Hall–Kier alpha value is -4.54. The number of cyclic esters (lactones) is 2. The van der Waals surface area contributed by atoms with Gasteiger partial charge in [0, 0.05) is 0 Å². The number of hydrogen-bond donors (Lipinski definition) is 1. The van der Waals surface area contributed by atoms with Crippen LogP contribution in [0, 0.1) is 22.7 Å². The average Bonchev–Trinajstić information content (AvgIpc) is 3.64. The van der Waals surface area contributed by atoms with Gasteiger partial charge in [0.2, 0.25) is 11.8 Å². The first-order valence-electron chi connectivity index (χ1n) is 17.5. The zero-order valence-electron chi connectivity index (χ0n) is 30.6. The van der Waals surface area contributed by atoms with Crippen molar-refractivity contribution in [2.75, 3.05) is 26.4 Å². The third kappa shape index (κ3) is 10.7. The average molecular weight is 701 g/mol. The summed E-state index contributed by atoms with van der Waals surface area (Å²) in [6, 6.07) is 28.8. The number of aliphatic hydroxyl groups excluding tert-OH is 1. The molecule has 4 amide bonds. The molecule has 10 heteroatoms. The van der Waals surface area contributed by atoms with E-state index in [1.807, 2.05) is 133 Å². The van der Waals surface area contributed by atoms with E-state index in [4.69, 9.17) is 14.2 Å². The Kier molecular flexibility index (Phi) is 13.5. The number of nitrogens with zero attached hydrogens (tertiary/aromatic N) is 2. The number of rotatable bonds is 11. The van der Waals surface area contributed by atoms with E-state index in [0.29, 0.717) is 19.4 Å². The number of ether oxygens (including phenoxy) is 3. The fourth-order valence-electron chi connectivity index (χ4n) is 6.15. The van der Waals surface area contributed by atoms with E-state index in [1.54, 1.807) is 0 Å². The summed E-state index contributed by atoms with van der Waals surface area (Å²) in [6.07, 6.45) is -0.0393. The van der Waals surface area contributed by atoms with Crippen molar-refractivity contribution in [3.05, 3.63) is 108 Å². The first-order chi connectivity index (χ1) is 24.2. The van der Waals surface area contributed by atoms with Gasteiger partial charge < -0.3 is 19.3 Å². The van der Waals surface area contributed by atoms with Crippen LogP contribution in [0.3, 0.4) is 0 Å². The van der Waals surface area contributed by atoms with Crippen molar-refractivity contribution in [1.29, 1.82) is 0 Å². The molecule has 0 saturated carbocycles. The first-order valence-corrected chi connectivity index (χ1v) is 17.5. The minimum absolute atomic E-state index is 0.196. The predicted molar refractivity (Wildman–Crippen MR) is 193 cm³/mol. The molecule has 2 aliphatic heterocycles. The second-order valence-electron chi connectivity index (χ2n) is 15.3. The normalized spacial score (nSPS) is 18.7. The predicted octanol–water partition coefficient (Wildman–Crippen LogP) is 6.69. The van der Waals surface area contributed by atoms with E-state index >= 15 is 0 Å². The van der Waals surface area contributed by atoms with E-state index in [0.717, 1.165) is 16.7 Å². The van der Waals surface area contributed by atoms with Crippen LogP contribution in [0.2, 0.25) is 0 Å². The molecule has 5 rings (SSSR count). The van der Waals surface area contributed by atoms with E-state index in [9.17, 15) is 24.3 Å². The summed E-state index contributed by atoms with van der Waals surface area (Å²) >= 11 is 0. The minimum atomic E-state index is -0.628. The Morgan fingerprint density at radius 1 is 0.667 bits per heavy atom. The highest BCUT2D eigenvalue weighted by atomic mass is 16.6. The van der Waals surface area contributed by atoms with Crippen molar-refractivity contribution >= 4 is 24.0 Å². The molecule has 2 fully saturated rings. The summed E-state index contributed by atoms with van der Waals surface area (Å²) in [5.74, 6) is -1.67. The van der Waals surface area contributed by atoms with Crippen LogP contribution < -0.4 is 0 Å². The number of amides is 4. The maximum absolute atomic E-state index is 13.4. The molecule has 2 saturated heterocycles. The molecule has 0 aromatic heterocycles. The molecule has 10 nitrogen and oxygen atoms in total. The molecular weight excluding hydrogens is 648 g/mol. The van der Waals surface area contributed by atoms with Gasteiger partial charge in [0.05, 0.1) is 43.7 Å². The highest BCUT2D eigenvalue weighted by molar-refractivity contribution is 5.96. The van der Waals surface area contributed by atoms with Crippen LogP contribution in [-0.4, -0.2) is 77.4 Å². The lowest BCUT2D eigenvalue weighted by Gasteiger charge is -2.33. The fraction of sp³-hybridized carbons (Fsp3) is 0.463. The number of imide groups is 2. The molecule has 274 valence electrons. The van der Waals surface area contributed by atoms with Crippen LogP contribution in [0.25, 0.3) is 0 Å². The van der Waals surface area contributed by atoms with Gasteiger partial charge >= 0.3 is 12.2 Å². The van der Waals surface area contributed by atoms with Crippen LogP contribution in [0.1, 0.15) is 58.2 Å². The summed E-state index contributed by atoms with van der Waals surface area (Å²) < 4.78 is 16.2. The van der Waals surface area contributed by atoms with Crippen molar-refractivity contribution in [3.8, 4) is 0 Å². The number of aliphatic hydroxyl groups is 1. The second-order valence-corrected chi connectivity index (χ2v) is 15.3. The van der Waals surface area contributed by atoms with Gasteiger partial charge in [0.15, 0.2) is 0 Å². The quantitative estimate of drug-likeness (QED) is 0.235. The van der Waals surface area contributed by atoms with E-state index in [2.05, 4.69) is 0 Å². The molecule has 51 heavy (non-hydrogen) atoms. The second kappa shape index (κ2) is 17.6. The lowest BCUT2D eigenvalue weighted by Crippen LogP contribution is -2.48. The van der Waals surface area contributed by atoms with Gasteiger partial charge in [0.25, 0.3) is 0 Å². The van der Waals surface area contributed by atoms with Crippen molar-refractivity contribution in [3.63, 3.8) is 0 Å². The lowest BCUT2D eigenvalue weighted by atomic mass is 9.80. The smallest absolute Gasteiger partial charge is 0.416 e. The Morgan fingerprint density at radius 3 is 1.41 bits per heavy atom. The number of benzene rings is 3. The van der Waals surface area contributed by atoms with E-state index in [-0.39, 0.29) is 55.7 Å². The standard InChI is InChI=1S/C24H29NO4.C17H23NO4/c1-24(2,3)21(17-28-15-19-12-8-5-9-13-19)22(26)25-20(16-29-23(25)27)14-18-10-6-4-7-11-18;1-17(2,3)14(10-19)15(20)18-13(11-22-16(18)21)9-12-7-5-4-6-8-12/h4-13,20-21H,14-17H2,1-3H3;4-8,13-14,19H,9-11H2,1-3H3/t20-,21+;13-,14+/m11/s1. The van der Waals surface area contributed by atoms with Gasteiger partial charge in [-0.3, -0.25) is 9.59 Å². The van der Waals surface area contributed by atoms with Gasteiger partial charge in [-0.15, -0.1) is 0 Å². The van der Waals surface area contributed by atoms with Crippen molar-refractivity contribution in [2.24, 2.45) is 22.7 Å². The Morgan fingerprint density at radius 2 is 1.04 bits per heavy atom. The Bertz CT molecular complexity index is 1580. The van der Waals surface area contributed by atoms with Gasteiger partial charge in [-0.1, -0.05) is 133 Å². The van der Waals surface area contributed by atoms with Crippen molar-refractivity contribution < 1.29 is 38.5 Å². The van der Waals surface area contributed by atoms with Crippen LogP contribution in [0.5, 0.6) is 0 Å². The maximum atomic E-state index is 13.4. The zero-order chi connectivity index (χ0) is 37.2. The van der Waals surface area contributed by atoms with Gasteiger partial charge in [-0.25, -0.2) is 19.4 Å². The fourth-order valence-corrected chi connectivity index (χ4v) is 6.15. The topological polar surface area (TPSA) is 123 Å². The molecule has 2 heterocycles. The summed E-state index contributed by atoms with van der Waals surface area (Å²) in [6.45, 7) is 12.4. The summed E-state index contributed by atoms with van der Waals surface area (Å²) in [4.78, 5) is 52.9. The summed E-state index contributed by atoms with van der Waals surface area (Å²) in [7, 11) is 0. The maximum Gasteiger partial charge on any atom is 0.416 e. The highest BCUT2D eigenvalue weighted by Crippen LogP contribution is 2.32. The molecule has 1 N–H and O–H groups in total. The molecule has 4 atom stereocenters. The molecule has 3 aromatic rings. The Labute approximate surface area is 301 Å². The molecule has 0 unspecified atom stereocenters. The van der Waals surface area contributed by atoms with Gasteiger partial charge in [-0.2, -0.15) is 0 Å². The van der Waals surface area contributed by atoms with Crippen LogP contribution >= 0.6 is 0 Å². The molecule has 0 radical (unpaired) electrons. The number of carbonyl (C=O) groups is 4. The molecule has 0 bridgehead atoms. The third-order valence-electron chi connectivity index (χ3n) is 9.29. The third-order valence-corrected chi connectivity index (χ3v) is 9.29. The van der Waals surface area contributed by atoms with Gasteiger partial charge in [0.1, 0.15) is 13.2 Å². The van der Waals surface area contributed by atoms with Crippen molar-refractivity contribution in [1.82, 2.24) is 9.80 Å².